The van der Waals surface area contributed by atoms with Gasteiger partial charge >= 0.3 is 0 Å². The van der Waals surface area contributed by atoms with E-state index in [-0.39, 0.29) is 23.1 Å². The molecule has 0 spiro atoms. The summed E-state index contributed by atoms with van der Waals surface area (Å²) >= 11 is 3.30. The normalized spacial score (nSPS) is 17.4. The summed E-state index contributed by atoms with van der Waals surface area (Å²) in [4.78, 5) is 12.4. The van der Waals surface area contributed by atoms with E-state index in [9.17, 15) is 13.2 Å². The highest BCUT2D eigenvalue weighted by Gasteiger charge is 2.21. The van der Waals surface area contributed by atoms with Crippen LogP contribution in [-0.4, -0.2) is 43.4 Å². The van der Waals surface area contributed by atoms with Crippen LogP contribution in [0.1, 0.15) is 23.2 Å². The fraction of sp³-hybridized carbons (Fsp3) is 0.375. The van der Waals surface area contributed by atoms with Crippen LogP contribution in [0.5, 0.6) is 0 Å². The number of hydrogen-bond donors (Lipinski definition) is 2. The summed E-state index contributed by atoms with van der Waals surface area (Å²) in [5.74, 6) is -0.0686. The van der Waals surface area contributed by atoms with E-state index in [1.807, 2.05) is 0 Å². The molecule has 1 unspecified atom stereocenters. The highest BCUT2D eigenvalue weighted by molar-refractivity contribution is 9.10. The minimum absolute atomic E-state index is 0.0327. The third-order valence-electron chi connectivity index (χ3n) is 4.00. The molecule has 8 nitrogen and oxygen atoms in total. The van der Waals surface area contributed by atoms with E-state index in [4.69, 9.17) is 4.74 Å². The predicted molar refractivity (Wildman–Crippen MR) is 99.5 cm³/mol. The molecule has 1 fully saturated rings. The summed E-state index contributed by atoms with van der Waals surface area (Å²) in [5, 5.41) is 6.75. The van der Waals surface area contributed by atoms with Gasteiger partial charge in [0.05, 0.1) is 11.0 Å². The molecule has 2 aromatic rings. The number of nitrogens with zero attached hydrogens (tertiary/aromatic N) is 2. The molecular weight excluding hydrogens is 424 g/mol. The van der Waals surface area contributed by atoms with Gasteiger partial charge in [-0.3, -0.25) is 9.48 Å². The Hall–Kier alpha value is -1.75. The van der Waals surface area contributed by atoms with Crippen molar-refractivity contribution in [2.24, 2.45) is 7.05 Å². The van der Waals surface area contributed by atoms with Gasteiger partial charge in [-0.05, 0) is 47.0 Å². The molecule has 26 heavy (non-hydrogen) atoms. The van der Waals surface area contributed by atoms with Crippen LogP contribution in [0.2, 0.25) is 0 Å². The predicted octanol–water partition coefficient (Wildman–Crippen LogP) is 1.89. The number of sulfonamides is 1. The highest BCUT2D eigenvalue weighted by atomic mass is 79.9. The van der Waals surface area contributed by atoms with Crippen molar-refractivity contribution in [3.05, 3.63) is 40.5 Å². The number of rotatable bonds is 6. The van der Waals surface area contributed by atoms with Crippen molar-refractivity contribution < 1.29 is 17.9 Å². The second-order valence-corrected chi connectivity index (χ2v) is 8.52. The Labute approximate surface area is 160 Å². The Bertz CT molecular complexity index is 887. The van der Waals surface area contributed by atoms with Gasteiger partial charge in [0.2, 0.25) is 10.0 Å². The number of aromatic nitrogens is 2. The molecule has 1 amide bonds. The van der Waals surface area contributed by atoms with Crippen molar-refractivity contribution in [2.75, 3.05) is 18.5 Å². The fourth-order valence-electron chi connectivity index (χ4n) is 2.59. The molecule has 1 aliphatic rings. The molecule has 0 radical (unpaired) electrons. The number of benzene rings is 1. The van der Waals surface area contributed by atoms with Crippen molar-refractivity contribution in [3.63, 3.8) is 0 Å². The molecule has 2 N–H and O–H groups in total. The minimum atomic E-state index is -3.72. The summed E-state index contributed by atoms with van der Waals surface area (Å²) in [5.41, 5.74) is 0.228. The zero-order chi connectivity index (χ0) is 18.7. The molecule has 1 aliphatic heterocycles. The number of halogens is 1. The first-order chi connectivity index (χ1) is 12.3. The Morgan fingerprint density at radius 3 is 2.88 bits per heavy atom. The maximum atomic E-state index is 12.4. The number of aryl methyl sites for hydroxylation is 1. The van der Waals surface area contributed by atoms with Crippen LogP contribution in [0.25, 0.3) is 0 Å². The number of nitrogens with one attached hydrogen (secondary N) is 2. The number of anilines is 1. The lowest BCUT2D eigenvalue weighted by Gasteiger charge is -2.12. The molecular formula is C16H19BrN4O4S. The molecule has 0 saturated carbocycles. The average Bonchev–Trinajstić information content (AvgIpc) is 3.23. The molecule has 1 saturated heterocycles. The van der Waals surface area contributed by atoms with Gasteiger partial charge in [0, 0.05) is 31.8 Å². The van der Waals surface area contributed by atoms with Gasteiger partial charge in [0.25, 0.3) is 5.91 Å². The molecule has 1 aromatic carbocycles. The quantitative estimate of drug-likeness (QED) is 0.710. The van der Waals surface area contributed by atoms with Crippen molar-refractivity contribution >= 4 is 37.7 Å². The van der Waals surface area contributed by atoms with E-state index in [1.54, 1.807) is 23.9 Å². The molecule has 0 bridgehead atoms. The zero-order valence-electron chi connectivity index (χ0n) is 14.1. The number of amides is 1. The van der Waals surface area contributed by atoms with Crippen LogP contribution in [0, 0.1) is 0 Å². The van der Waals surface area contributed by atoms with Crippen molar-refractivity contribution in [1.82, 2.24) is 14.5 Å². The number of ether oxygens (including phenoxy) is 1. The summed E-state index contributed by atoms with van der Waals surface area (Å²) in [7, 11) is -1.99. The average molecular weight is 443 g/mol. The summed E-state index contributed by atoms with van der Waals surface area (Å²) in [6.07, 6.45) is 1.68. The third-order valence-corrected chi connectivity index (χ3v) is 6.16. The van der Waals surface area contributed by atoms with E-state index in [2.05, 4.69) is 31.1 Å². The van der Waals surface area contributed by atoms with Crippen LogP contribution < -0.4 is 10.0 Å². The number of hydrogen-bond acceptors (Lipinski definition) is 5. The minimum Gasteiger partial charge on any atom is -0.377 e. The smallest absolute Gasteiger partial charge is 0.256 e. The lowest BCUT2D eigenvalue weighted by molar-refractivity contribution is 0.102. The largest absolute Gasteiger partial charge is 0.377 e. The Morgan fingerprint density at radius 1 is 1.42 bits per heavy atom. The summed E-state index contributed by atoms with van der Waals surface area (Å²) in [6, 6.07) is 7.52. The van der Waals surface area contributed by atoms with Crippen LogP contribution in [-0.2, 0) is 21.8 Å². The van der Waals surface area contributed by atoms with Crippen LogP contribution >= 0.6 is 15.9 Å². The fourth-order valence-corrected chi connectivity index (χ4v) is 4.00. The topological polar surface area (TPSA) is 102 Å². The van der Waals surface area contributed by atoms with Gasteiger partial charge in [0.15, 0.2) is 5.82 Å². The van der Waals surface area contributed by atoms with E-state index in [0.29, 0.717) is 17.0 Å². The molecule has 1 aromatic heterocycles. The maximum absolute atomic E-state index is 12.4. The van der Waals surface area contributed by atoms with Gasteiger partial charge in [-0.2, -0.15) is 5.10 Å². The molecule has 10 heteroatoms. The van der Waals surface area contributed by atoms with Crippen molar-refractivity contribution in [2.45, 2.75) is 23.8 Å². The number of carbonyl (C=O) groups is 1. The van der Waals surface area contributed by atoms with Gasteiger partial charge in [0.1, 0.15) is 4.60 Å². The third kappa shape index (κ3) is 4.50. The maximum Gasteiger partial charge on any atom is 0.256 e. The molecule has 0 aliphatic carbocycles. The first kappa shape index (κ1) is 19.0. The molecule has 3 rings (SSSR count). The summed E-state index contributed by atoms with van der Waals surface area (Å²) in [6.45, 7) is 0.881. The van der Waals surface area contributed by atoms with Crippen molar-refractivity contribution in [1.29, 1.82) is 0 Å². The molecule has 2 heterocycles. The number of carbonyl (C=O) groups excluding carboxylic acids is 1. The molecule has 140 valence electrons. The van der Waals surface area contributed by atoms with E-state index in [1.165, 1.54) is 18.2 Å². The Morgan fingerprint density at radius 2 is 2.23 bits per heavy atom. The Balaban J connectivity index is 1.71. The van der Waals surface area contributed by atoms with Crippen molar-refractivity contribution in [3.8, 4) is 0 Å². The highest BCUT2D eigenvalue weighted by Crippen LogP contribution is 2.17. The van der Waals surface area contributed by atoms with Gasteiger partial charge in [-0.15, -0.1) is 0 Å². The van der Waals surface area contributed by atoms with Crippen LogP contribution in [0.4, 0.5) is 5.82 Å². The van der Waals surface area contributed by atoms with E-state index < -0.39 is 15.9 Å². The molecule has 1 atom stereocenters. The van der Waals surface area contributed by atoms with E-state index in [0.717, 1.165) is 12.8 Å². The van der Waals surface area contributed by atoms with Gasteiger partial charge < -0.3 is 10.1 Å². The van der Waals surface area contributed by atoms with Gasteiger partial charge in [-0.25, -0.2) is 13.1 Å². The summed E-state index contributed by atoms with van der Waals surface area (Å²) < 4.78 is 35.1. The SMILES string of the molecule is Cn1nc(NC(=O)c2cccc(S(=O)(=O)NCC3CCCO3)c2)cc1Br. The first-order valence-corrected chi connectivity index (χ1v) is 10.3. The monoisotopic (exact) mass is 442 g/mol. The second-order valence-electron chi connectivity index (χ2n) is 5.94. The van der Waals surface area contributed by atoms with Gasteiger partial charge in [-0.1, -0.05) is 6.07 Å². The first-order valence-electron chi connectivity index (χ1n) is 8.07. The van der Waals surface area contributed by atoms with E-state index >= 15 is 0 Å². The lowest BCUT2D eigenvalue weighted by Crippen LogP contribution is -2.32. The standard InChI is InChI=1S/C16H19BrN4O4S/c1-21-14(17)9-15(20-21)19-16(22)11-4-2-6-13(8-11)26(23,24)18-10-12-5-3-7-25-12/h2,4,6,8-9,12,18H,3,5,7,10H2,1H3,(H,19,20,22). The Kier molecular flexibility index (Phi) is 5.76. The lowest BCUT2D eigenvalue weighted by atomic mass is 10.2. The van der Waals surface area contributed by atoms with Crippen LogP contribution in [0.3, 0.4) is 0 Å². The van der Waals surface area contributed by atoms with Crippen LogP contribution in [0.15, 0.2) is 39.8 Å². The second kappa shape index (κ2) is 7.87. The zero-order valence-corrected chi connectivity index (χ0v) is 16.5.